The Labute approximate surface area is 206 Å². The van der Waals surface area contributed by atoms with Crippen LogP contribution in [0.2, 0.25) is 0 Å². The number of carbonyl (C=O) groups is 1. The molecule has 180 valence electrons. The van der Waals surface area contributed by atoms with E-state index in [1.807, 2.05) is 56.7 Å². The number of aryl methyl sites for hydroxylation is 1. The van der Waals surface area contributed by atoms with Crippen molar-refractivity contribution in [3.8, 4) is 17.3 Å². The minimum absolute atomic E-state index is 0.0578. The van der Waals surface area contributed by atoms with Crippen LogP contribution >= 0.6 is 0 Å². The second-order valence-corrected chi connectivity index (χ2v) is 8.39. The molecule has 8 nitrogen and oxygen atoms in total. The predicted octanol–water partition coefficient (Wildman–Crippen LogP) is 4.36. The Morgan fingerprint density at radius 2 is 2.00 bits per heavy atom. The van der Waals surface area contributed by atoms with Gasteiger partial charge < -0.3 is 10.6 Å². The molecule has 35 heavy (non-hydrogen) atoms. The molecule has 1 aromatic carbocycles. The molecule has 2 N–H and O–H groups in total. The highest BCUT2D eigenvalue weighted by Crippen LogP contribution is 2.18. The number of pyridine rings is 1. The zero-order valence-corrected chi connectivity index (χ0v) is 20.4. The number of nitrogens with zero attached hydrogens (tertiary/aromatic N) is 5. The average molecular weight is 470 g/mol. The highest BCUT2D eigenvalue weighted by Gasteiger charge is 2.08. The van der Waals surface area contributed by atoms with Crippen LogP contribution in [0, 0.1) is 11.3 Å². The van der Waals surface area contributed by atoms with Gasteiger partial charge in [0.15, 0.2) is 0 Å². The Hall–Kier alpha value is -4.09. The Balaban J connectivity index is 0.000000225. The Morgan fingerprint density at radius 1 is 1.20 bits per heavy atom. The third kappa shape index (κ3) is 8.02. The Kier molecular flexibility index (Phi) is 9.46. The summed E-state index contributed by atoms with van der Waals surface area (Å²) < 4.78 is 1.64. The summed E-state index contributed by atoms with van der Waals surface area (Å²) in [4.78, 5) is 16.2. The van der Waals surface area contributed by atoms with Gasteiger partial charge in [0, 0.05) is 25.4 Å². The SMILES string of the molecule is CNCC(C)c1ccc(C#N)cc1.Cn1cc(-c2ccc(NC(=O)CC3=CCCC=C3)nc2)nn1. The molecular weight excluding hydrogens is 438 g/mol. The van der Waals surface area contributed by atoms with Gasteiger partial charge in [-0.15, -0.1) is 5.10 Å². The largest absolute Gasteiger partial charge is 0.319 e. The summed E-state index contributed by atoms with van der Waals surface area (Å²) in [7, 11) is 3.76. The van der Waals surface area contributed by atoms with Crippen LogP contribution in [0.15, 0.2) is 72.6 Å². The molecule has 0 fully saturated rings. The molecule has 0 saturated carbocycles. The lowest BCUT2D eigenvalue weighted by molar-refractivity contribution is -0.115. The zero-order valence-electron chi connectivity index (χ0n) is 20.4. The summed E-state index contributed by atoms with van der Waals surface area (Å²) >= 11 is 0. The van der Waals surface area contributed by atoms with Gasteiger partial charge in [0.1, 0.15) is 11.5 Å². The molecule has 3 aromatic rings. The van der Waals surface area contributed by atoms with Gasteiger partial charge in [0.2, 0.25) is 5.91 Å². The molecular formula is C27H31N7O. The van der Waals surface area contributed by atoms with Crippen molar-refractivity contribution in [3.05, 3.63) is 83.7 Å². The molecule has 0 spiro atoms. The number of hydrogen-bond acceptors (Lipinski definition) is 6. The van der Waals surface area contributed by atoms with Gasteiger partial charge in [-0.05, 0) is 61.2 Å². The topological polar surface area (TPSA) is 109 Å². The molecule has 1 atom stereocenters. The van der Waals surface area contributed by atoms with Crippen molar-refractivity contribution < 1.29 is 4.79 Å². The van der Waals surface area contributed by atoms with E-state index in [1.54, 1.807) is 16.9 Å². The number of rotatable bonds is 7. The van der Waals surface area contributed by atoms with Gasteiger partial charge in [-0.1, -0.05) is 42.5 Å². The van der Waals surface area contributed by atoms with E-state index in [2.05, 4.69) is 51.1 Å². The lowest BCUT2D eigenvalue weighted by Gasteiger charge is -2.10. The number of allylic oxidation sites excluding steroid dienone is 3. The van der Waals surface area contributed by atoms with Crippen molar-refractivity contribution >= 4 is 11.7 Å². The number of amides is 1. The van der Waals surface area contributed by atoms with Crippen molar-refractivity contribution in [3.63, 3.8) is 0 Å². The van der Waals surface area contributed by atoms with E-state index in [4.69, 9.17) is 5.26 Å². The number of benzene rings is 1. The summed E-state index contributed by atoms with van der Waals surface area (Å²) in [5, 5.41) is 22.5. The van der Waals surface area contributed by atoms with E-state index < -0.39 is 0 Å². The van der Waals surface area contributed by atoms with Crippen LogP contribution in [0.25, 0.3) is 11.3 Å². The maximum absolute atomic E-state index is 12.0. The molecule has 2 heterocycles. The molecule has 0 radical (unpaired) electrons. The smallest absolute Gasteiger partial charge is 0.229 e. The number of carbonyl (C=O) groups excluding carboxylic acids is 1. The molecule has 1 unspecified atom stereocenters. The number of likely N-dealkylation sites (N-methyl/N-ethyl adjacent to an activating group) is 1. The monoisotopic (exact) mass is 469 g/mol. The van der Waals surface area contributed by atoms with E-state index in [0.717, 1.165) is 41.8 Å². The van der Waals surface area contributed by atoms with Gasteiger partial charge in [-0.2, -0.15) is 5.26 Å². The molecule has 1 aliphatic carbocycles. The van der Waals surface area contributed by atoms with Gasteiger partial charge >= 0.3 is 0 Å². The van der Waals surface area contributed by atoms with E-state index in [-0.39, 0.29) is 5.91 Å². The molecule has 0 saturated heterocycles. The zero-order chi connectivity index (χ0) is 25.0. The predicted molar refractivity (Wildman–Crippen MR) is 137 cm³/mol. The van der Waals surface area contributed by atoms with Gasteiger partial charge in [0.05, 0.1) is 24.3 Å². The van der Waals surface area contributed by atoms with Crippen molar-refractivity contribution in [1.82, 2.24) is 25.3 Å². The van der Waals surface area contributed by atoms with E-state index in [9.17, 15) is 4.79 Å². The summed E-state index contributed by atoms with van der Waals surface area (Å²) in [5.74, 6) is 0.980. The quantitative estimate of drug-likeness (QED) is 0.532. The first-order valence-electron chi connectivity index (χ1n) is 11.6. The number of aromatic nitrogens is 4. The fraction of sp³-hybridized carbons (Fsp3) is 0.296. The van der Waals surface area contributed by atoms with E-state index in [0.29, 0.717) is 18.2 Å². The lowest BCUT2D eigenvalue weighted by atomic mass is 10.0. The van der Waals surface area contributed by atoms with Gasteiger partial charge in [-0.25, -0.2) is 4.98 Å². The highest BCUT2D eigenvalue weighted by atomic mass is 16.1. The third-order valence-electron chi connectivity index (χ3n) is 5.48. The summed E-state index contributed by atoms with van der Waals surface area (Å²) in [6.45, 7) is 3.13. The number of nitriles is 1. The van der Waals surface area contributed by atoms with E-state index in [1.165, 1.54) is 5.56 Å². The van der Waals surface area contributed by atoms with Crippen LogP contribution < -0.4 is 10.6 Å². The number of anilines is 1. The molecule has 1 amide bonds. The normalized spacial score (nSPS) is 13.1. The van der Waals surface area contributed by atoms with Crippen LogP contribution in [0.5, 0.6) is 0 Å². The minimum atomic E-state index is -0.0578. The molecule has 0 bridgehead atoms. The first-order chi connectivity index (χ1) is 17.0. The number of hydrogen-bond donors (Lipinski definition) is 2. The average Bonchev–Trinajstić information content (AvgIpc) is 3.32. The number of nitrogens with one attached hydrogen (secondary N) is 2. The van der Waals surface area contributed by atoms with Crippen LogP contribution in [0.4, 0.5) is 5.82 Å². The first-order valence-corrected chi connectivity index (χ1v) is 11.6. The molecule has 4 rings (SSSR count). The standard InChI is InChI=1S/C16H17N5O.C11H14N2/c1-21-11-14(19-20-21)13-7-8-15(17-10-13)18-16(22)9-12-5-3-2-4-6-12;1-9(8-13-2)11-5-3-10(7-12)4-6-11/h3,5-8,10-11H,2,4,9H2,1H3,(H,17,18,22);3-6,9,13H,8H2,1-2H3. The first kappa shape index (κ1) is 25.5. The van der Waals surface area contributed by atoms with Crippen LogP contribution in [0.1, 0.15) is 43.2 Å². The van der Waals surface area contributed by atoms with Crippen molar-refractivity contribution in [2.75, 3.05) is 18.9 Å². The summed E-state index contributed by atoms with van der Waals surface area (Å²) in [5.41, 5.74) is 4.67. The second kappa shape index (κ2) is 13.0. The third-order valence-corrected chi connectivity index (χ3v) is 5.48. The Bertz CT molecular complexity index is 1200. The minimum Gasteiger partial charge on any atom is -0.319 e. The van der Waals surface area contributed by atoms with Gasteiger partial charge in [0.25, 0.3) is 0 Å². The summed E-state index contributed by atoms with van der Waals surface area (Å²) in [6.07, 6.45) is 12.1. The van der Waals surface area contributed by atoms with Crippen molar-refractivity contribution in [2.45, 2.75) is 32.1 Å². The van der Waals surface area contributed by atoms with Crippen molar-refractivity contribution in [1.29, 1.82) is 5.26 Å². The fourth-order valence-electron chi connectivity index (χ4n) is 3.58. The van der Waals surface area contributed by atoms with Crippen LogP contribution in [-0.2, 0) is 11.8 Å². The van der Waals surface area contributed by atoms with Gasteiger partial charge in [-0.3, -0.25) is 9.48 Å². The maximum atomic E-state index is 12.0. The van der Waals surface area contributed by atoms with E-state index >= 15 is 0 Å². The lowest BCUT2D eigenvalue weighted by Crippen LogP contribution is -2.14. The molecule has 0 aliphatic heterocycles. The molecule has 2 aromatic heterocycles. The van der Waals surface area contributed by atoms with Crippen LogP contribution in [0.3, 0.4) is 0 Å². The maximum Gasteiger partial charge on any atom is 0.229 e. The fourth-order valence-corrected chi connectivity index (χ4v) is 3.58. The second-order valence-electron chi connectivity index (χ2n) is 8.39. The van der Waals surface area contributed by atoms with Crippen molar-refractivity contribution in [2.24, 2.45) is 7.05 Å². The molecule has 1 aliphatic rings. The summed E-state index contributed by atoms with van der Waals surface area (Å²) in [6, 6.07) is 13.5. The Morgan fingerprint density at radius 3 is 2.57 bits per heavy atom. The highest BCUT2D eigenvalue weighted by molar-refractivity contribution is 5.91. The van der Waals surface area contributed by atoms with Crippen LogP contribution in [-0.4, -0.2) is 39.5 Å². The molecule has 8 heteroatoms.